The van der Waals surface area contributed by atoms with Crippen LogP contribution in [0.3, 0.4) is 0 Å². The first kappa shape index (κ1) is 20.6. The van der Waals surface area contributed by atoms with Crippen molar-refractivity contribution in [3.05, 3.63) is 58.3 Å². The Hall–Kier alpha value is -2.67. The second-order valence-electron chi connectivity index (χ2n) is 6.28. The molecule has 0 unspecified atom stereocenters. The van der Waals surface area contributed by atoms with Crippen LogP contribution in [0.25, 0.3) is 0 Å². The average molecular weight is 388 g/mol. The van der Waals surface area contributed by atoms with E-state index in [1.54, 1.807) is 16.3 Å². The summed E-state index contributed by atoms with van der Waals surface area (Å²) in [5.41, 5.74) is 1.58. The van der Waals surface area contributed by atoms with Gasteiger partial charge in [0.05, 0.1) is 6.42 Å². The molecule has 6 nitrogen and oxygen atoms in total. The van der Waals surface area contributed by atoms with E-state index in [1.165, 1.54) is 11.3 Å². The third-order valence-electron chi connectivity index (χ3n) is 3.89. The van der Waals surface area contributed by atoms with E-state index in [1.807, 2.05) is 49.6 Å². The molecule has 144 valence electrons. The van der Waals surface area contributed by atoms with E-state index in [0.717, 1.165) is 5.56 Å². The molecule has 2 aromatic rings. The van der Waals surface area contributed by atoms with Crippen LogP contribution >= 0.6 is 11.3 Å². The average Bonchev–Trinajstić information content (AvgIpc) is 3.19. The molecule has 1 aromatic carbocycles. The largest absolute Gasteiger partial charge is 0.456 e. The summed E-state index contributed by atoms with van der Waals surface area (Å²) in [5, 5.41) is 6.19. The fourth-order valence-electron chi connectivity index (χ4n) is 2.41. The van der Waals surface area contributed by atoms with Crippen LogP contribution < -0.4 is 5.32 Å². The highest BCUT2D eigenvalue weighted by Crippen LogP contribution is 2.09. The maximum atomic E-state index is 12.4. The number of hydrogen-bond donors (Lipinski definition) is 1. The summed E-state index contributed by atoms with van der Waals surface area (Å²) in [7, 11) is 0. The lowest BCUT2D eigenvalue weighted by Gasteiger charge is -2.26. The first-order valence-electron chi connectivity index (χ1n) is 8.76. The van der Waals surface area contributed by atoms with Gasteiger partial charge in [0.15, 0.2) is 6.61 Å². The van der Waals surface area contributed by atoms with Gasteiger partial charge in [-0.25, -0.2) is 0 Å². The molecule has 0 bridgehead atoms. The minimum atomic E-state index is -0.516. The van der Waals surface area contributed by atoms with Crippen molar-refractivity contribution < 1.29 is 19.1 Å². The number of hydrogen-bond acceptors (Lipinski definition) is 5. The second-order valence-corrected chi connectivity index (χ2v) is 7.06. The summed E-state index contributed by atoms with van der Waals surface area (Å²) in [5.74, 6) is -0.990. The smallest absolute Gasteiger partial charge is 0.308 e. The standard InChI is InChI=1S/C20H24N2O4S/c1-15(2)22(12-16-6-4-3-5-7-16)18(23)13-26-19(24)8-10-21-20(25)17-9-11-27-14-17/h3-7,9,11,14-15H,8,10,12-13H2,1-2H3,(H,21,25). The molecule has 7 heteroatoms. The number of carbonyl (C=O) groups is 3. The molecule has 0 aliphatic rings. The van der Waals surface area contributed by atoms with Gasteiger partial charge in [0.2, 0.25) is 0 Å². The molecule has 0 aliphatic heterocycles. The summed E-state index contributed by atoms with van der Waals surface area (Å²) in [6.45, 7) is 4.17. The minimum absolute atomic E-state index is 0.0127. The molecule has 0 spiro atoms. The lowest BCUT2D eigenvalue weighted by atomic mass is 10.2. The Bertz CT molecular complexity index is 745. The number of rotatable bonds is 9. The Morgan fingerprint density at radius 3 is 2.52 bits per heavy atom. The minimum Gasteiger partial charge on any atom is -0.456 e. The van der Waals surface area contributed by atoms with Gasteiger partial charge >= 0.3 is 5.97 Å². The van der Waals surface area contributed by atoms with E-state index in [0.29, 0.717) is 12.1 Å². The lowest BCUT2D eigenvalue weighted by molar-refractivity contribution is -0.153. The van der Waals surface area contributed by atoms with Crippen molar-refractivity contribution in [3.8, 4) is 0 Å². The van der Waals surface area contributed by atoms with Crippen LogP contribution in [0.15, 0.2) is 47.2 Å². The predicted octanol–water partition coefficient (Wildman–Crippen LogP) is 2.85. The van der Waals surface area contributed by atoms with Crippen molar-refractivity contribution in [2.24, 2.45) is 0 Å². The Labute approximate surface area is 163 Å². The molecule has 0 fully saturated rings. The number of thiophene rings is 1. The van der Waals surface area contributed by atoms with Crippen LogP contribution in [0.4, 0.5) is 0 Å². The van der Waals surface area contributed by atoms with E-state index < -0.39 is 5.97 Å². The number of benzene rings is 1. The Morgan fingerprint density at radius 1 is 1.15 bits per heavy atom. The van der Waals surface area contributed by atoms with Crippen LogP contribution in [-0.4, -0.2) is 41.9 Å². The molecule has 0 radical (unpaired) electrons. The van der Waals surface area contributed by atoms with Crippen molar-refractivity contribution in [1.82, 2.24) is 10.2 Å². The Balaban J connectivity index is 1.73. The van der Waals surface area contributed by atoms with Crippen molar-refractivity contribution >= 4 is 29.1 Å². The van der Waals surface area contributed by atoms with E-state index in [-0.39, 0.29) is 37.4 Å². The molecule has 0 atom stereocenters. The third kappa shape index (κ3) is 6.86. The molecule has 0 aliphatic carbocycles. The fraction of sp³-hybridized carbons (Fsp3) is 0.350. The van der Waals surface area contributed by atoms with Crippen LogP contribution in [0.1, 0.15) is 36.2 Å². The summed E-state index contributed by atoms with van der Waals surface area (Å²) >= 11 is 1.43. The van der Waals surface area contributed by atoms with Crippen molar-refractivity contribution in [1.29, 1.82) is 0 Å². The molecule has 27 heavy (non-hydrogen) atoms. The zero-order chi connectivity index (χ0) is 19.6. The molecule has 1 heterocycles. The summed E-state index contributed by atoms with van der Waals surface area (Å²) < 4.78 is 5.07. The highest BCUT2D eigenvalue weighted by atomic mass is 32.1. The van der Waals surface area contributed by atoms with Gasteiger partial charge in [0.1, 0.15) is 0 Å². The van der Waals surface area contributed by atoms with Gasteiger partial charge < -0.3 is 15.0 Å². The van der Waals surface area contributed by atoms with Gasteiger partial charge in [-0.3, -0.25) is 14.4 Å². The number of esters is 1. The first-order chi connectivity index (χ1) is 13.0. The number of nitrogens with one attached hydrogen (secondary N) is 1. The first-order valence-corrected chi connectivity index (χ1v) is 9.71. The molecule has 2 rings (SSSR count). The van der Waals surface area contributed by atoms with Gasteiger partial charge in [0, 0.05) is 30.1 Å². The normalized spacial score (nSPS) is 10.5. The van der Waals surface area contributed by atoms with Gasteiger partial charge in [-0.15, -0.1) is 0 Å². The molecule has 1 N–H and O–H groups in total. The predicted molar refractivity (Wildman–Crippen MR) is 104 cm³/mol. The van der Waals surface area contributed by atoms with Crippen molar-refractivity contribution in [2.75, 3.05) is 13.2 Å². The summed E-state index contributed by atoms with van der Waals surface area (Å²) in [6.07, 6.45) is 0.0174. The number of amides is 2. The Morgan fingerprint density at radius 2 is 1.89 bits per heavy atom. The maximum absolute atomic E-state index is 12.4. The number of nitrogens with zero attached hydrogens (tertiary/aromatic N) is 1. The Kier molecular flexibility index (Phi) is 8.00. The molecule has 0 saturated heterocycles. The number of ether oxygens (including phenoxy) is 1. The van der Waals surface area contributed by atoms with E-state index in [9.17, 15) is 14.4 Å². The van der Waals surface area contributed by atoms with Gasteiger partial charge in [-0.2, -0.15) is 11.3 Å². The molecule has 0 saturated carbocycles. The SMILES string of the molecule is CC(C)N(Cc1ccccc1)C(=O)COC(=O)CCNC(=O)c1ccsc1. The molecular formula is C20H24N2O4S. The fourth-order valence-corrected chi connectivity index (χ4v) is 3.05. The maximum Gasteiger partial charge on any atom is 0.308 e. The monoisotopic (exact) mass is 388 g/mol. The van der Waals surface area contributed by atoms with Crippen LogP contribution in [0.2, 0.25) is 0 Å². The highest BCUT2D eigenvalue weighted by Gasteiger charge is 2.19. The zero-order valence-electron chi connectivity index (χ0n) is 15.5. The molecule has 2 amide bonds. The summed E-state index contributed by atoms with van der Waals surface area (Å²) in [6, 6.07) is 11.4. The molecule has 1 aromatic heterocycles. The second kappa shape index (κ2) is 10.5. The quantitative estimate of drug-likeness (QED) is 0.670. The third-order valence-corrected chi connectivity index (χ3v) is 4.58. The van der Waals surface area contributed by atoms with Crippen LogP contribution in [0, 0.1) is 0 Å². The summed E-state index contributed by atoms with van der Waals surface area (Å²) in [4.78, 5) is 37.7. The van der Waals surface area contributed by atoms with Crippen LogP contribution in [0.5, 0.6) is 0 Å². The van der Waals surface area contributed by atoms with Gasteiger partial charge in [-0.1, -0.05) is 30.3 Å². The van der Waals surface area contributed by atoms with Gasteiger partial charge in [0.25, 0.3) is 11.8 Å². The van der Waals surface area contributed by atoms with E-state index in [2.05, 4.69) is 5.32 Å². The number of carbonyl (C=O) groups excluding carboxylic acids is 3. The lowest BCUT2D eigenvalue weighted by Crippen LogP contribution is -2.39. The van der Waals surface area contributed by atoms with Crippen molar-refractivity contribution in [3.63, 3.8) is 0 Å². The van der Waals surface area contributed by atoms with E-state index in [4.69, 9.17) is 4.74 Å². The van der Waals surface area contributed by atoms with Crippen molar-refractivity contribution in [2.45, 2.75) is 32.9 Å². The van der Waals surface area contributed by atoms with E-state index >= 15 is 0 Å². The zero-order valence-corrected chi connectivity index (χ0v) is 16.3. The topological polar surface area (TPSA) is 75.7 Å². The van der Waals surface area contributed by atoms with Gasteiger partial charge in [-0.05, 0) is 30.9 Å². The van der Waals surface area contributed by atoms with Crippen LogP contribution in [-0.2, 0) is 20.9 Å². The molecular weight excluding hydrogens is 364 g/mol. The highest BCUT2D eigenvalue weighted by molar-refractivity contribution is 7.08.